The number of rotatable bonds is 5. The lowest BCUT2D eigenvalue weighted by molar-refractivity contribution is 0.249. The summed E-state index contributed by atoms with van der Waals surface area (Å²) >= 11 is 0. The first-order chi connectivity index (χ1) is 10.3. The van der Waals surface area contributed by atoms with E-state index in [4.69, 9.17) is 0 Å². The van der Waals surface area contributed by atoms with Gasteiger partial charge >= 0.3 is 0 Å². The molecule has 0 fully saturated rings. The van der Waals surface area contributed by atoms with E-state index in [-0.39, 0.29) is 16.9 Å². The van der Waals surface area contributed by atoms with E-state index in [1.54, 1.807) is 18.3 Å². The summed E-state index contributed by atoms with van der Waals surface area (Å²) in [6.07, 6.45) is 1.64. The molecule has 5 heteroatoms. The molecule has 0 bridgehead atoms. The topological polar surface area (TPSA) is 68.7 Å². The Morgan fingerprint density at radius 3 is 2.55 bits per heavy atom. The first kappa shape index (κ1) is 16.2. The number of nitrogens with zero attached hydrogens (tertiary/aromatic N) is 2. The number of hydrogen-bond donors (Lipinski definition) is 2. The SMILES string of the molecule is CN(C)CC(C)(C)CN=Cc1c(O)[nH]c(=O)c2ccccc12. The van der Waals surface area contributed by atoms with Crippen LogP contribution in [0.25, 0.3) is 10.8 Å². The van der Waals surface area contributed by atoms with Crippen molar-refractivity contribution in [2.45, 2.75) is 13.8 Å². The summed E-state index contributed by atoms with van der Waals surface area (Å²) in [4.78, 5) is 20.9. The van der Waals surface area contributed by atoms with Gasteiger partial charge in [-0.2, -0.15) is 0 Å². The maximum Gasteiger partial charge on any atom is 0.258 e. The average Bonchev–Trinajstić information content (AvgIpc) is 2.41. The molecule has 0 spiro atoms. The molecule has 5 nitrogen and oxygen atoms in total. The zero-order valence-corrected chi connectivity index (χ0v) is 13.6. The van der Waals surface area contributed by atoms with Crippen LogP contribution < -0.4 is 5.56 Å². The molecule has 1 heterocycles. The van der Waals surface area contributed by atoms with Crippen LogP contribution in [0.4, 0.5) is 0 Å². The summed E-state index contributed by atoms with van der Waals surface area (Å²) in [6.45, 7) is 5.85. The zero-order valence-electron chi connectivity index (χ0n) is 13.6. The third-order valence-electron chi connectivity index (χ3n) is 3.43. The van der Waals surface area contributed by atoms with E-state index >= 15 is 0 Å². The van der Waals surface area contributed by atoms with Crippen LogP contribution in [-0.2, 0) is 0 Å². The van der Waals surface area contributed by atoms with Gasteiger partial charge in [0.25, 0.3) is 5.56 Å². The first-order valence-corrected chi connectivity index (χ1v) is 7.29. The Morgan fingerprint density at radius 2 is 1.91 bits per heavy atom. The van der Waals surface area contributed by atoms with Gasteiger partial charge in [-0.25, -0.2) is 0 Å². The number of H-pyrrole nitrogens is 1. The quantitative estimate of drug-likeness (QED) is 0.832. The number of aromatic amines is 1. The van der Waals surface area contributed by atoms with Crippen LogP contribution in [0.5, 0.6) is 5.88 Å². The Labute approximate surface area is 130 Å². The zero-order chi connectivity index (χ0) is 16.3. The molecule has 2 N–H and O–H groups in total. The van der Waals surface area contributed by atoms with E-state index in [0.29, 0.717) is 22.9 Å². The molecule has 1 aromatic carbocycles. The molecule has 118 valence electrons. The van der Waals surface area contributed by atoms with E-state index < -0.39 is 0 Å². The smallest absolute Gasteiger partial charge is 0.258 e. The molecule has 0 atom stereocenters. The molecule has 1 aromatic heterocycles. The van der Waals surface area contributed by atoms with Gasteiger partial charge in [0.05, 0.1) is 5.56 Å². The Balaban J connectivity index is 2.32. The predicted molar refractivity (Wildman–Crippen MR) is 91.0 cm³/mol. The van der Waals surface area contributed by atoms with Crippen LogP contribution in [0.15, 0.2) is 34.1 Å². The fraction of sp³-hybridized carbons (Fsp3) is 0.412. The van der Waals surface area contributed by atoms with Gasteiger partial charge in [-0.1, -0.05) is 32.0 Å². The molecule has 2 aromatic rings. The lowest BCUT2D eigenvalue weighted by Gasteiger charge is -2.26. The molecular formula is C17H23N3O2. The Bertz CT molecular complexity index is 745. The van der Waals surface area contributed by atoms with Gasteiger partial charge in [0.2, 0.25) is 5.88 Å². The van der Waals surface area contributed by atoms with Gasteiger partial charge in [0.1, 0.15) is 0 Å². The lowest BCUT2D eigenvalue weighted by atomic mass is 9.93. The fourth-order valence-electron chi connectivity index (χ4n) is 2.71. The molecule has 0 aliphatic rings. The van der Waals surface area contributed by atoms with Crippen molar-refractivity contribution in [1.82, 2.24) is 9.88 Å². The van der Waals surface area contributed by atoms with Crippen molar-refractivity contribution >= 4 is 17.0 Å². The number of hydrogen-bond acceptors (Lipinski definition) is 4. The molecule has 0 saturated carbocycles. The van der Waals surface area contributed by atoms with E-state index in [1.807, 2.05) is 26.2 Å². The number of aromatic hydroxyl groups is 1. The van der Waals surface area contributed by atoms with Gasteiger partial charge < -0.3 is 10.0 Å². The summed E-state index contributed by atoms with van der Waals surface area (Å²) in [6, 6.07) is 7.20. The molecular weight excluding hydrogens is 278 g/mol. The summed E-state index contributed by atoms with van der Waals surface area (Å²) in [5.74, 6) is -0.141. The minimum absolute atomic E-state index is 0.0353. The summed E-state index contributed by atoms with van der Waals surface area (Å²) < 4.78 is 0. The Hall–Kier alpha value is -2.14. The fourth-order valence-corrected chi connectivity index (χ4v) is 2.71. The van der Waals surface area contributed by atoms with E-state index in [9.17, 15) is 9.90 Å². The Morgan fingerprint density at radius 1 is 1.27 bits per heavy atom. The van der Waals surface area contributed by atoms with Crippen molar-refractivity contribution in [3.05, 3.63) is 40.2 Å². The lowest BCUT2D eigenvalue weighted by Crippen LogP contribution is -2.30. The molecule has 0 saturated heterocycles. The monoisotopic (exact) mass is 301 g/mol. The van der Waals surface area contributed by atoms with E-state index in [0.717, 1.165) is 6.54 Å². The highest BCUT2D eigenvalue weighted by Gasteiger charge is 2.18. The minimum Gasteiger partial charge on any atom is -0.494 e. The van der Waals surface area contributed by atoms with Crippen molar-refractivity contribution in [1.29, 1.82) is 0 Å². The Kier molecular flexibility index (Phi) is 4.66. The highest BCUT2D eigenvalue weighted by molar-refractivity contribution is 6.01. The van der Waals surface area contributed by atoms with Crippen LogP contribution in [0.1, 0.15) is 19.4 Å². The number of pyridine rings is 1. The minimum atomic E-state index is -0.293. The molecule has 0 radical (unpaired) electrons. The van der Waals surface area contributed by atoms with Gasteiger partial charge in [-0.15, -0.1) is 0 Å². The second-order valence-corrected chi connectivity index (χ2v) is 6.63. The van der Waals surface area contributed by atoms with Crippen LogP contribution in [-0.4, -0.2) is 48.4 Å². The van der Waals surface area contributed by atoms with Gasteiger partial charge in [-0.05, 0) is 25.6 Å². The summed E-state index contributed by atoms with van der Waals surface area (Å²) in [7, 11) is 4.07. The highest BCUT2D eigenvalue weighted by atomic mass is 16.3. The number of benzene rings is 1. The van der Waals surface area contributed by atoms with Crippen molar-refractivity contribution in [3.63, 3.8) is 0 Å². The van der Waals surface area contributed by atoms with E-state index in [1.165, 1.54) is 0 Å². The largest absolute Gasteiger partial charge is 0.494 e. The van der Waals surface area contributed by atoms with E-state index in [2.05, 4.69) is 28.7 Å². The van der Waals surface area contributed by atoms with Crippen LogP contribution >= 0.6 is 0 Å². The molecule has 0 aliphatic heterocycles. The normalized spacial score (nSPS) is 12.6. The molecule has 0 amide bonds. The molecule has 2 rings (SSSR count). The molecule has 0 unspecified atom stereocenters. The molecule has 22 heavy (non-hydrogen) atoms. The van der Waals surface area contributed by atoms with Crippen molar-refractivity contribution in [2.75, 3.05) is 27.2 Å². The second kappa shape index (κ2) is 6.32. The summed E-state index contributed by atoms with van der Waals surface area (Å²) in [5, 5.41) is 11.3. The van der Waals surface area contributed by atoms with Gasteiger partial charge in [0, 0.05) is 30.1 Å². The second-order valence-electron chi connectivity index (χ2n) is 6.63. The number of aliphatic imine (C=N–C) groups is 1. The third kappa shape index (κ3) is 3.74. The van der Waals surface area contributed by atoms with Crippen molar-refractivity contribution in [3.8, 4) is 5.88 Å². The van der Waals surface area contributed by atoms with Gasteiger partial charge in [0.15, 0.2) is 0 Å². The standard InChI is InChI=1S/C17H23N3O2/c1-17(2,11-20(3)4)10-18-9-14-12-7-5-6-8-13(12)15(21)19-16(14)22/h5-9H,10-11H2,1-4H3,(H2,19,21,22). The van der Waals surface area contributed by atoms with Crippen molar-refractivity contribution in [2.24, 2.45) is 10.4 Å². The number of fused-ring (bicyclic) bond motifs is 1. The van der Waals surface area contributed by atoms with Gasteiger partial charge in [-0.3, -0.25) is 14.8 Å². The van der Waals surface area contributed by atoms with Crippen molar-refractivity contribution < 1.29 is 5.11 Å². The summed E-state index contributed by atoms with van der Waals surface area (Å²) in [5.41, 5.74) is 0.294. The first-order valence-electron chi connectivity index (χ1n) is 7.29. The number of aromatic nitrogens is 1. The highest BCUT2D eigenvalue weighted by Crippen LogP contribution is 2.21. The maximum atomic E-state index is 11.8. The predicted octanol–water partition coefficient (Wildman–Crippen LogP) is 2.24. The van der Waals surface area contributed by atoms with Crippen LogP contribution in [0.3, 0.4) is 0 Å². The van der Waals surface area contributed by atoms with Crippen LogP contribution in [0, 0.1) is 5.41 Å². The molecule has 0 aliphatic carbocycles. The third-order valence-corrected chi connectivity index (χ3v) is 3.43. The average molecular weight is 301 g/mol. The number of nitrogens with one attached hydrogen (secondary N) is 1. The van der Waals surface area contributed by atoms with Crippen LogP contribution in [0.2, 0.25) is 0 Å². The maximum absolute atomic E-state index is 11.8.